The maximum Gasteiger partial charge on any atom is 0.141 e. The van der Waals surface area contributed by atoms with E-state index in [0.29, 0.717) is 5.84 Å². The maximum atomic E-state index is 6.00. The summed E-state index contributed by atoms with van der Waals surface area (Å²) in [6.45, 7) is 1.04. The lowest BCUT2D eigenvalue weighted by Crippen LogP contribution is -2.15. The van der Waals surface area contributed by atoms with Crippen LogP contribution in [0.3, 0.4) is 0 Å². The number of nitrogens with two attached hydrogens (primary N) is 1. The third-order valence-corrected chi connectivity index (χ3v) is 3.67. The summed E-state index contributed by atoms with van der Waals surface area (Å²) in [5, 5.41) is 2.01. The molecule has 0 aliphatic rings. The molecule has 3 nitrogen and oxygen atoms in total. The van der Waals surface area contributed by atoms with E-state index in [1.807, 2.05) is 29.6 Å². The first-order valence-corrected chi connectivity index (χ1v) is 7.15. The lowest BCUT2D eigenvalue weighted by atomic mass is 10.1. The number of nitrogens with zero attached hydrogens (tertiary/aromatic N) is 2. The highest BCUT2D eigenvalue weighted by Crippen LogP contribution is 2.17. The Hall–Kier alpha value is -1.65. The molecule has 0 spiro atoms. The van der Waals surface area contributed by atoms with Crippen molar-refractivity contribution >= 4 is 22.9 Å². The fourth-order valence-electron chi connectivity index (χ4n) is 1.75. The Morgan fingerprint density at radius 1 is 1.26 bits per heavy atom. The fraction of sp³-hybridized carbons (Fsp3) is 0.267. The van der Waals surface area contributed by atoms with E-state index in [1.54, 1.807) is 11.3 Å². The molecule has 19 heavy (non-hydrogen) atoms. The minimum Gasteiger partial charge on any atom is -0.383 e. The number of rotatable bonds is 5. The van der Waals surface area contributed by atoms with Gasteiger partial charge in [0, 0.05) is 6.54 Å². The van der Waals surface area contributed by atoms with Crippen molar-refractivity contribution in [1.29, 1.82) is 0 Å². The van der Waals surface area contributed by atoms with Gasteiger partial charge < -0.3 is 10.6 Å². The van der Waals surface area contributed by atoms with Crippen LogP contribution >= 0.6 is 11.3 Å². The van der Waals surface area contributed by atoms with Crippen LogP contribution in [0.5, 0.6) is 0 Å². The molecule has 1 heterocycles. The standard InChI is InChI=1S/C15H19N3S/c1-18(2)9-8-12-5-3-6-13(11-12)17-15(16)14-7-4-10-19-14/h3-7,10-11H,8-9H2,1-2H3,(H2,16,17). The molecular weight excluding hydrogens is 254 g/mol. The lowest BCUT2D eigenvalue weighted by Gasteiger charge is -2.09. The topological polar surface area (TPSA) is 41.6 Å². The van der Waals surface area contributed by atoms with Crippen LogP contribution in [0.1, 0.15) is 10.4 Å². The van der Waals surface area contributed by atoms with Gasteiger partial charge in [0.2, 0.25) is 0 Å². The number of hydrogen-bond donors (Lipinski definition) is 1. The Balaban J connectivity index is 2.12. The number of thiophene rings is 1. The molecule has 0 fully saturated rings. The van der Waals surface area contributed by atoms with Crippen LogP contribution in [-0.4, -0.2) is 31.4 Å². The molecule has 0 unspecified atom stereocenters. The Morgan fingerprint density at radius 2 is 2.11 bits per heavy atom. The number of likely N-dealkylation sites (N-methyl/N-ethyl adjacent to an activating group) is 1. The summed E-state index contributed by atoms with van der Waals surface area (Å²) in [6.07, 6.45) is 1.02. The first-order chi connectivity index (χ1) is 9.15. The van der Waals surface area contributed by atoms with Gasteiger partial charge in [-0.2, -0.15) is 0 Å². The summed E-state index contributed by atoms with van der Waals surface area (Å²) in [4.78, 5) is 7.67. The molecule has 0 amide bonds. The van der Waals surface area contributed by atoms with E-state index in [9.17, 15) is 0 Å². The van der Waals surface area contributed by atoms with Crippen molar-refractivity contribution in [1.82, 2.24) is 4.90 Å². The van der Waals surface area contributed by atoms with E-state index in [2.05, 4.69) is 36.1 Å². The zero-order valence-electron chi connectivity index (χ0n) is 11.3. The molecule has 100 valence electrons. The monoisotopic (exact) mass is 273 g/mol. The van der Waals surface area contributed by atoms with E-state index in [0.717, 1.165) is 23.5 Å². The molecule has 0 aliphatic heterocycles. The fourth-order valence-corrected chi connectivity index (χ4v) is 2.38. The van der Waals surface area contributed by atoms with Crippen LogP contribution < -0.4 is 5.73 Å². The van der Waals surface area contributed by atoms with Crippen molar-refractivity contribution in [2.24, 2.45) is 10.7 Å². The predicted molar refractivity (Wildman–Crippen MR) is 83.4 cm³/mol. The van der Waals surface area contributed by atoms with Crippen LogP contribution in [0, 0.1) is 0 Å². The van der Waals surface area contributed by atoms with Gasteiger partial charge in [0.25, 0.3) is 0 Å². The SMILES string of the molecule is CN(C)CCc1cccc(N=C(N)c2cccs2)c1. The van der Waals surface area contributed by atoms with Gasteiger partial charge in [0.15, 0.2) is 0 Å². The van der Waals surface area contributed by atoms with Gasteiger partial charge in [0.05, 0.1) is 10.6 Å². The smallest absolute Gasteiger partial charge is 0.141 e. The molecule has 2 N–H and O–H groups in total. The normalized spacial score (nSPS) is 12.1. The number of benzene rings is 1. The minimum atomic E-state index is 0.583. The Bertz CT molecular complexity index is 544. The Labute approximate surface area is 118 Å². The summed E-state index contributed by atoms with van der Waals surface area (Å²) >= 11 is 1.61. The second-order valence-corrected chi connectivity index (χ2v) is 5.65. The summed E-state index contributed by atoms with van der Waals surface area (Å²) in [7, 11) is 4.16. The number of hydrogen-bond acceptors (Lipinski definition) is 3. The summed E-state index contributed by atoms with van der Waals surface area (Å²) in [6, 6.07) is 12.2. The van der Waals surface area contributed by atoms with Crippen LogP contribution in [-0.2, 0) is 6.42 Å². The van der Waals surface area contributed by atoms with Crippen LogP contribution in [0.25, 0.3) is 0 Å². The summed E-state index contributed by atoms with van der Waals surface area (Å²) in [5.74, 6) is 0.583. The third-order valence-electron chi connectivity index (χ3n) is 2.78. The van der Waals surface area contributed by atoms with Crippen LogP contribution in [0.4, 0.5) is 5.69 Å². The molecule has 0 bridgehead atoms. The minimum absolute atomic E-state index is 0.583. The summed E-state index contributed by atoms with van der Waals surface area (Å²) < 4.78 is 0. The quantitative estimate of drug-likeness (QED) is 0.672. The molecule has 1 aromatic heterocycles. The van der Waals surface area contributed by atoms with Gasteiger partial charge >= 0.3 is 0 Å². The van der Waals surface area contributed by atoms with Gasteiger partial charge in [-0.25, -0.2) is 4.99 Å². The van der Waals surface area contributed by atoms with Crippen molar-refractivity contribution in [2.75, 3.05) is 20.6 Å². The molecule has 1 aromatic carbocycles. The average molecular weight is 273 g/mol. The molecule has 2 rings (SSSR count). The number of aliphatic imine (C=N–C) groups is 1. The molecule has 2 aromatic rings. The van der Waals surface area contributed by atoms with Gasteiger partial charge in [-0.15, -0.1) is 11.3 Å². The van der Waals surface area contributed by atoms with E-state index in [1.165, 1.54) is 5.56 Å². The molecule has 0 radical (unpaired) electrons. The first-order valence-electron chi connectivity index (χ1n) is 6.27. The number of amidine groups is 1. The van der Waals surface area contributed by atoms with Gasteiger partial charge in [-0.1, -0.05) is 18.2 Å². The highest BCUT2D eigenvalue weighted by molar-refractivity contribution is 7.12. The predicted octanol–water partition coefficient (Wildman–Crippen LogP) is 2.89. The molecule has 0 saturated carbocycles. The van der Waals surface area contributed by atoms with E-state index >= 15 is 0 Å². The van der Waals surface area contributed by atoms with E-state index in [4.69, 9.17) is 5.73 Å². The van der Waals surface area contributed by atoms with Crippen molar-refractivity contribution in [3.8, 4) is 0 Å². The molecule has 4 heteroatoms. The average Bonchev–Trinajstić information content (AvgIpc) is 2.91. The molecule has 0 aliphatic carbocycles. The largest absolute Gasteiger partial charge is 0.383 e. The maximum absolute atomic E-state index is 6.00. The highest BCUT2D eigenvalue weighted by Gasteiger charge is 2.01. The van der Waals surface area contributed by atoms with Gasteiger partial charge in [0.1, 0.15) is 5.84 Å². The zero-order valence-corrected chi connectivity index (χ0v) is 12.2. The van der Waals surface area contributed by atoms with Crippen molar-refractivity contribution in [3.63, 3.8) is 0 Å². The molecular formula is C15H19N3S. The van der Waals surface area contributed by atoms with E-state index < -0.39 is 0 Å². The van der Waals surface area contributed by atoms with E-state index in [-0.39, 0.29) is 0 Å². The first kappa shape index (κ1) is 13.8. The second-order valence-electron chi connectivity index (χ2n) is 4.70. The lowest BCUT2D eigenvalue weighted by molar-refractivity contribution is 0.413. The van der Waals surface area contributed by atoms with Crippen molar-refractivity contribution < 1.29 is 0 Å². The van der Waals surface area contributed by atoms with Crippen molar-refractivity contribution in [3.05, 3.63) is 52.2 Å². The van der Waals surface area contributed by atoms with Crippen molar-refractivity contribution in [2.45, 2.75) is 6.42 Å². The Kier molecular flexibility index (Phi) is 4.71. The zero-order chi connectivity index (χ0) is 13.7. The molecule has 0 atom stereocenters. The Morgan fingerprint density at radius 3 is 2.79 bits per heavy atom. The van der Waals surface area contributed by atoms with Crippen LogP contribution in [0.2, 0.25) is 0 Å². The third kappa shape index (κ3) is 4.19. The van der Waals surface area contributed by atoms with Gasteiger partial charge in [-0.05, 0) is 49.7 Å². The van der Waals surface area contributed by atoms with Gasteiger partial charge in [-0.3, -0.25) is 0 Å². The second kappa shape index (κ2) is 6.50. The molecule has 0 saturated heterocycles. The van der Waals surface area contributed by atoms with Crippen LogP contribution in [0.15, 0.2) is 46.8 Å². The summed E-state index contributed by atoms with van der Waals surface area (Å²) in [5.41, 5.74) is 8.20. The highest BCUT2D eigenvalue weighted by atomic mass is 32.1.